The van der Waals surface area contributed by atoms with Crippen molar-refractivity contribution >= 4 is 5.91 Å². The van der Waals surface area contributed by atoms with Gasteiger partial charge in [0.25, 0.3) is 5.91 Å². The molecule has 1 saturated heterocycles. The molecule has 1 amide bonds. The summed E-state index contributed by atoms with van der Waals surface area (Å²) in [5.41, 5.74) is -0.871. The van der Waals surface area contributed by atoms with Gasteiger partial charge in [0.1, 0.15) is 12.4 Å². The van der Waals surface area contributed by atoms with E-state index in [1.807, 2.05) is 19.0 Å². The Hall–Kier alpha value is -1.37. The molecule has 0 unspecified atom stereocenters. The van der Waals surface area contributed by atoms with E-state index in [9.17, 15) is 9.90 Å². The van der Waals surface area contributed by atoms with Crippen LogP contribution in [0.3, 0.4) is 0 Å². The predicted molar refractivity (Wildman–Crippen MR) is 73.3 cm³/mol. The third kappa shape index (κ3) is 3.39. The molecule has 0 spiro atoms. The molecule has 6 nitrogen and oxygen atoms in total. The zero-order chi connectivity index (χ0) is 14.8. The molecule has 0 saturated carbocycles. The molecule has 1 aliphatic heterocycles. The summed E-state index contributed by atoms with van der Waals surface area (Å²) >= 11 is 0. The first kappa shape index (κ1) is 15.0. The summed E-state index contributed by atoms with van der Waals surface area (Å²) in [6.45, 7) is 1.22. The molecule has 1 aliphatic rings. The van der Waals surface area contributed by atoms with Gasteiger partial charge in [-0.25, -0.2) is 0 Å². The van der Waals surface area contributed by atoms with Gasteiger partial charge in [0.2, 0.25) is 0 Å². The van der Waals surface area contributed by atoms with Crippen molar-refractivity contribution in [2.75, 3.05) is 33.7 Å². The van der Waals surface area contributed by atoms with Crippen molar-refractivity contribution in [1.29, 1.82) is 0 Å². The van der Waals surface area contributed by atoms with Crippen molar-refractivity contribution in [3.63, 3.8) is 0 Å². The number of likely N-dealkylation sites (N-methyl/N-ethyl adjacent to an activating group) is 1. The molecule has 0 bridgehead atoms. The zero-order valence-electron chi connectivity index (χ0n) is 12.0. The van der Waals surface area contributed by atoms with Crippen LogP contribution < -0.4 is 0 Å². The second-order valence-electron chi connectivity index (χ2n) is 5.72. The second kappa shape index (κ2) is 5.95. The molecule has 1 aromatic rings. The molecule has 6 heteroatoms. The number of hydrogen-bond donors (Lipinski definition) is 2. The summed E-state index contributed by atoms with van der Waals surface area (Å²) in [6, 6.07) is 3.15. The minimum atomic E-state index is -0.871. The van der Waals surface area contributed by atoms with E-state index in [0.717, 1.165) is 6.42 Å². The average molecular weight is 282 g/mol. The lowest BCUT2D eigenvalue weighted by molar-refractivity contribution is -0.0398. The largest absolute Gasteiger partial charge is 0.453 e. The van der Waals surface area contributed by atoms with Gasteiger partial charge in [0.15, 0.2) is 5.76 Å². The van der Waals surface area contributed by atoms with Crippen molar-refractivity contribution in [3.8, 4) is 0 Å². The number of aliphatic hydroxyl groups is 2. The quantitative estimate of drug-likeness (QED) is 0.830. The van der Waals surface area contributed by atoms with Crippen LogP contribution in [0.15, 0.2) is 16.5 Å². The van der Waals surface area contributed by atoms with Crippen molar-refractivity contribution in [2.45, 2.75) is 25.0 Å². The van der Waals surface area contributed by atoms with Gasteiger partial charge in [-0.05, 0) is 39.1 Å². The molecular formula is C14H22N2O4. The number of piperidine rings is 1. The maximum Gasteiger partial charge on any atom is 0.289 e. The Morgan fingerprint density at radius 3 is 2.85 bits per heavy atom. The molecule has 2 rings (SSSR count). The van der Waals surface area contributed by atoms with Crippen molar-refractivity contribution in [2.24, 2.45) is 0 Å². The van der Waals surface area contributed by atoms with E-state index in [1.165, 1.54) is 0 Å². The van der Waals surface area contributed by atoms with Crippen LogP contribution in [0.1, 0.15) is 29.2 Å². The summed E-state index contributed by atoms with van der Waals surface area (Å²) in [7, 11) is 3.80. The first-order valence-electron chi connectivity index (χ1n) is 6.79. The highest BCUT2D eigenvalue weighted by Crippen LogP contribution is 2.23. The lowest BCUT2D eigenvalue weighted by Gasteiger charge is -2.40. The van der Waals surface area contributed by atoms with Crippen molar-refractivity contribution in [1.82, 2.24) is 9.80 Å². The molecule has 1 aromatic heterocycles. The first-order valence-corrected chi connectivity index (χ1v) is 6.79. The van der Waals surface area contributed by atoms with E-state index in [0.29, 0.717) is 31.8 Å². The van der Waals surface area contributed by atoms with Gasteiger partial charge in [0.05, 0.1) is 12.1 Å². The van der Waals surface area contributed by atoms with Crippen LogP contribution in [-0.4, -0.2) is 65.3 Å². The van der Waals surface area contributed by atoms with Crippen LogP contribution in [0.2, 0.25) is 0 Å². The Labute approximate surface area is 118 Å². The van der Waals surface area contributed by atoms with Crippen molar-refractivity contribution < 1.29 is 19.4 Å². The smallest absolute Gasteiger partial charge is 0.289 e. The second-order valence-corrected chi connectivity index (χ2v) is 5.72. The molecular weight excluding hydrogens is 260 g/mol. The van der Waals surface area contributed by atoms with Gasteiger partial charge in [0, 0.05) is 13.1 Å². The topological polar surface area (TPSA) is 77.2 Å². The molecule has 20 heavy (non-hydrogen) atoms. The van der Waals surface area contributed by atoms with E-state index in [-0.39, 0.29) is 18.3 Å². The molecule has 1 fully saturated rings. The summed E-state index contributed by atoms with van der Waals surface area (Å²) < 4.78 is 5.26. The monoisotopic (exact) mass is 282 g/mol. The highest BCUT2D eigenvalue weighted by atomic mass is 16.4. The average Bonchev–Trinajstić information content (AvgIpc) is 2.85. The van der Waals surface area contributed by atoms with Gasteiger partial charge >= 0.3 is 0 Å². The minimum Gasteiger partial charge on any atom is -0.453 e. The van der Waals surface area contributed by atoms with Crippen LogP contribution in [0, 0.1) is 0 Å². The van der Waals surface area contributed by atoms with Crippen LogP contribution in [0.25, 0.3) is 0 Å². The van der Waals surface area contributed by atoms with Gasteiger partial charge in [-0.2, -0.15) is 0 Å². The van der Waals surface area contributed by atoms with Gasteiger partial charge < -0.3 is 24.4 Å². The summed E-state index contributed by atoms with van der Waals surface area (Å²) in [5, 5.41) is 19.5. The number of aliphatic hydroxyl groups excluding tert-OH is 1. The molecule has 2 heterocycles. The van der Waals surface area contributed by atoms with Gasteiger partial charge in [-0.3, -0.25) is 4.79 Å². The van der Waals surface area contributed by atoms with E-state index in [2.05, 4.69) is 0 Å². The van der Waals surface area contributed by atoms with Gasteiger partial charge in [-0.15, -0.1) is 0 Å². The highest BCUT2D eigenvalue weighted by molar-refractivity contribution is 5.91. The number of β-amino-alcohol motifs (C(OH)–C–C–N with tert-alkyl or cyclic N) is 1. The Balaban J connectivity index is 2.06. The van der Waals surface area contributed by atoms with Crippen LogP contribution in [0.4, 0.5) is 0 Å². The SMILES string of the molecule is CN(C)C[C@@]1(O)CCCN(C(=O)c2ccc(CO)o2)C1. The third-order valence-electron chi connectivity index (χ3n) is 3.48. The lowest BCUT2D eigenvalue weighted by Crippen LogP contribution is -2.54. The number of likely N-dealkylation sites (tertiary alicyclic amines) is 1. The predicted octanol–water partition coefficient (Wildman–Crippen LogP) is 0.301. The highest BCUT2D eigenvalue weighted by Gasteiger charge is 2.36. The molecule has 0 radical (unpaired) electrons. The minimum absolute atomic E-state index is 0.211. The zero-order valence-corrected chi connectivity index (χ0v) is 12.0. The van der Waals surface area contributed by atoms with Gasteiger partial charge in [-0.1, -0.05) is 0 Å². The number of furan rings is 1. The van der Waals surface area contributed by atoms with E-state index < -0.39 is 5.60 Å². The molecule has 0 aromatic carbocycles. The summed E-state index contributed by atoms with van der Waals surface area (Å²) in [4.78, 5) is 15.9. The third-order valence-corrected chi connectivity index (χ3v) is 3.48. The molecule has 112 valence electrons. The normalized spacial score (nSPS) is 23.4. The fourth-order valence-corrected chi connectivity index (χ4v) is 2.74. The first-order chi connectivity index (χ1) is 9.43. The maximum absolute atomic E-state index is 12.3. The summed E-state index contributed by atoms with van der Waals surface area (Å²) in [5.74, 6) is 0.346. The fraction of sp³-hybridized carbons (Fsp3) is 0.643. The number of hydrogen-bond acceptors (Lipinski definition) is 5. The Bertz CT molecular complexity index is 471. The molecule has 2 N–H and O–H groups in total. The van der Waals surface area contributed by atoms with E-state index >= 15 is 0 Å². The van der Waals surface area contributed by atoms with Crippen LogP contribution >= 0.6 is 0 Å². The summed E-state index contributed by atoms with van der Waals surface area (Å²) in [6.07, 6.45) is 1.46. The number of amides is 1. The molecule has 1 atom stereocenters. The number of nitrogens with zero attached hydrogens (tertiary/aromatic N) is 2. The fourth-order valence-electron chi connectivity index (χ4n) is 2.74. The Morgan fingerprint density at radius 2 is 2.25 bits per heavy atom. The van der Waals surface area contributed by atoms with Crippen LogP contribution in [-0.2, 0) is 6.61 Å². The Morgan fingerprint density at radius 1 is 1.50 bits per heavy atom. The number of rotatable bonds is 4. The number of carbonyl (C=O) groups excluding carboxylic acids is 1. The maximum atomic E-state index is 12.3. The van der Waals surface area contributed by atoms with Crippen molar-refractivity contribution in [3.05, 3.63) is 23.7 Å². The lowest BCUT2D eigenvalue weighted by atomic mass is 9.92. The standard InChI is InChI=1S/C14H22N2O4/c1-15(2)9-14(19)6-3-7-16(10-14)13(18)12-5-4-11(8-17)20-12/h4-5,17,19H,3,6-10H2,1-2H3/t14-/m0/s1. The van der Waals surface area contributed by atoms with E-state index in [1.54, 1.807) is 17.0 Å². The molecule has 0 aliphatic carbocycles. The van der Waals surface area contributed by atoms with E-state index in [4.69, 9.17) is 9.52 Å². The Kier molecular flexibility index (Phi) is 4.47. The van der Waals surface area contributed by atoms with Crippen LogP contribution in [0.5, 0.6) is 0 Å². The number of carbonyl (C=O) groups is 1.